The van der Waals surface area contributed by atoms with Gasteiger partial charge in [0.05, 0.1) is 41.5 Å². The molecule has 3 aromatic heterocycles. The number of hydrogen-bond acceptors (Lipinski definition) is 10. The van der Waals surface area contributed by atoms with E-state index in [-0.39, 0.29) is 41.4 Å². The zero-order chi connectivity index (χ0) is 38.1. The molecule has 14 heteroatoms. The molecule has 8 rings (SSSR count). The first-order valence-corrected chi connectivity index (χ1v) is 18.4. The van der Waals surface area contributed by atoms with Crippen LogP contribution in [0.5, 0.6) is 5.75 Å². The van der Waals surface area contributed by atoms with Gasteiger partial charge in [0.25, 0.3) is 0 Å². The van der Waals surface area contributed by atoms with E-state index in [1.807, 2.05) is 48.4 Å². The minimum Gasteiger partial charge on any atom is -0.493 e. The van der Waals surface area contributed by atoms with E-state index in [4.69, 9.17) is 24.4 Å². The van der Waals surface area contributed by atoms with Gasteiger partial charge in [0.15, 0.2) is 0 Å². The predicted molar refractivity (Wildman–Crippen MR) is 201 cm³/mol. The zero-order valence-electron chi connectivity index (χ0n) is 31.1. The number of fused-ring (bicyclic) bond motifs is 7. The van der Waals surface area contributed by atoms with E-state index < -0.39 is 29.6 Å². The number of pyridine rings is 1. The van der Waals surface area contributed by atoms with E-state index in [9.17, 15) is 18.4 Å². The average Bonchev–Trinajstić information content (AvgIpc) is 3.73. The van der Waals surface area contributed by atoms with Gasteiger partial charge in [0, 0.05) is 62.7 Å². The number of carbonyl (C=O) groups excluding carboxylic acids is 2. The summed E-state index contributed by atoms with van der Waals surface area (Å²) in [6.07, 6.45) is 3.62. The van der Waals surface area contributed by atoms with Crippen molar-refractivity contribution in [2.75, 3.05) is 44.1 Å². The second-order valence-corrected chi connectivity index (χ2v) is 13.6. The Morgan fingerprint density at radius 2 is 1.78 bits per heavy atom. The molecular weight excluding hydrogens is 694 g/mol. The number of ketones is 1. The molecule has 54 heavy (non-hydrogen) atoms. The predicted octanol–water partition coefficient (Wildman–Crippen LogP) is 5.99. The molecule has 1 N–H and O–H groups in total. The summed E-state index contributed by atoms with van der Waals surface area (Å²) in [5.74, 6) is 0.155. The summed E-state index contributed by atoms with van der Waals surface area (Å²) in [5.41, 5.74) is 3.50. The van der Waals surface area contributed by atoms with Crippen LogP contribution < -0.4 is 15.0 Å². The van der Waals surface area contributed by atoms with E-state index in [1.54, 1.807) is 25.3 Å². The fourth-order valence-electron chi connectivity index (χ4n) is 7.54. The highest BCUT2D eigenvalue weighted by atomic mass is 19.1. The minimum atomic E-state index is -0.682. The highest BCUT2D eigenvalue weighted by Gasteiger charge is 2.41. The zero-order valence-corrected chi connectivity index (χ0v) is 31.1. The number of nitrogens with one attached hydrogen (secondary N) is 1. The Balaban J connectivity index is 0.00000221. The van der Waals surface area contributed by atoms with Crippen molar-refractivity contribution < 1.29 is 27.8 Å². The van der Waals surface area contributed by atoms with Crippen LogP contribution in [0, 0.1) is 18.6 Å². The van der Waals surface area contributed by atoms with Crippen LogP contribution >= 0.6 is 0 Å². The van der Waals surface area contributed by atoms with E-state index in [0.717, 1.165) is 11.9 Å². The summed E-state index contributed by atoms with van der Waals surface area (Å²) in [7, 11) is 3.34. The topological polar surface area (TPSA) is 128 Å². The van der Waals surface area contributed by atoms with Crippen molar-refractivity contribution in [2.24, 2.45) is 0 Å². The lowest BCUT2D eigenvalue weighted by molar-refractivity contribution is -0.132. The average molecular weight is 739 g/mol. The third-order valence-electron chi connectivity index (χ3n) is 10.1. The van der Waals surface area contributed by atoms with E-state index in [0.29, 0.717) is 72.9 Å². The minimum absolute atomic E-state index is 0.165. The van der Waals surface area contributed by atoms with Gasteiger partial charge in [-0.25, -0.2) is 28.7 Å². The number of halogens is 2. The monoisotopic (exact) mass is 738 g/mol. The summed E-state index contributed by atoms with van der Waals surface area (Å²) in [6, 6.07) is 11.3. The summed E-state index contributed by atoms with van der Waals surface area (Å²) in [4.78, 5) is 51.0. The van der Waals surface area contributed by atoms with E-state index in [1.165, 1.54) is 30.3 Å². The maximum Gasteiger partial charge on any atom is 0.245 e. The number of aromatic nitrogens is 5. The lowest BCUT2D eigenvalue weighted by Gasteiger charge is -2.30. The summed E-state index contributed by atoms with van der Waals surface area (Å²) in [5, 5.41) is 3.49. The molecule has 3 aliphatic rings. The van der Waals surface area contributed by atoms with E-state index >= 15 is 0 Å². The molecule has 0 aliphatic carbocycles. The maximum atomic E-state index is 15.0. The molecular formula is C40H44F2N8O4. The second kappa shape index (κ2) is 15.5. The fraction of sp³-hybridized carbons (Fsp3) is 0.400. The number of methoxy groups -OCH3 is 1. The van der Waals surface area contributed by atoms with Gasteiger partial charge in [-0.1, -0.05) is 19.9 Å². The van der Waals surface area contributed by atoms with Gasteiger partial charge in [-0.15, -0.1) is 0 Å². The summed E-state index contributed by atoms with van der Waals surface area (Å²) >= 11 is 0. The molecule has 2 aromatic carbocycles. The molecule has 0 saturated carbocycles. The number of aryl methyl sites for hydroxylation is 2. The summed E-state index contributed by atoms with van der Waals surface area (Å²) < 4.78 is 42.9. The Kier molecular flexibility index (Phi) is 10.5. The molecule has 12 nitrogen and oxygen atoms in total. The highest BCUT2D eigenvalue weighted by Crippen LogP contribution is 2.33. The van der Waals surface area contributed by atoms with Gasteiger partial charge in [-0.3, -0.25) is 9.59 Å². The SMILES string of the molecule is CC.COC1CN(C)C(=O)C2CC(CN2c2ncc3c(n2)C(=O)c2ccc(F)cc2OCCCC3)Nc2cccc(n2)-c2cc(F)cc3nc(C)n(c23)C1. The molecule has 3 aliphatic heterocycles. The first-order valence-electron chi connectivity index (χ1n) is 18.4. The second-order valence-electron chi connectivity index (χ2n) is 13.6. The van der Waals surface area contributed by atoms with Gasteiger partial charge in [-0.05, 0) is 62.9 Å². The Labute approximate surface area is 312 Å². The van der Waals surface area contributed by atoms with Gasteiger partial charge in [0.2, 0.25) is 17.6 Å². The Bertz CT molecular complexity index is 2210. The van der Waals surface area contributed by atoms with Crippen molar-refractivity contribution in [1.82, 2.24) is 29.4 Å². The number of nitrogens with zero attached hydrogens (tertiary/aromatic N) is 7. The molecule has 6 heterocycles. The lowest BCUT2D eigenvalue weighted by atomic mass is 10.00. The third kappa shape index (κ3) is 7.09. The number of hydrogen-bond donors (Lipinski definition) is 1. The maximum absolute atomic E-state index is 15.0. The number of rotatable bonds is 2. The lowest BCUT2D eigenvalue weighted by Crippen LogP contribution is -2.47. The van der Waals surface area contributed by atoms with Crippen LogP contribution in [0.25, 0.3) is 22.3 Å². The first kappa shape index (κ1) is 36.8. The van der Waals surface area contributed by atoms with Crippen molar-refractivity contribution in [3.8, 4) is 17.0 Å². The van der Waals surface area contributed by atoms with Crippen LogP contribution in [-0.2, 0) is 22.5 Å². The standard InChI is InChI=1S/C38H38F2N8O4.C2H6/c1-21-42-30-14-24(40)13-28-29-8-6-9-33(44-29)43-25-16-31(37(50)46(2)19-26(51-3)20-47(21)35(28)30)48(18-25)38-41-17-22-7-4-5-12-52-32-15-23(39)10-11-27(32)36(49)34(22)45-38;1-2/h6,8-11,13-15,17,25-26,31H,4-5,7,12,16,18-20H2,1-3H3,(H,43,44);1-2H3. The quantitative estimate of drug-likeness (QED) is 0.231. The molecule has 0 spiro atoms. The van der Waals surface area contributed by atoms with Crippen LogP contribution in [0.15, 0.2) is 54.7 Å². The van der Waals surface area contributed by atoms with E-state index in [2.05, 4.69) is 10.3 Å². The number of likely N-dealkylation sites (N-methyl/N-ethyl adjacent to an activating group) is 1. The normalized spacial score (nSPS) is 20.1. The molecule has 1 fully saturated rings. The van der Waals surface area contributed by atoms with Crippen molar-refractivity contribution in [3.63, 3.8) is 0 Å². The molecule has 5 aromatic rings. The molecule has 1 saturated heterocycles. The van der Waals surface area contributed by atoms with Crippen molar-refractivity contribution >= 4 is 34.5 Å². The number of benzene rings is 2. The number of anilines is 2. The molecule has 3 unspecified atom stereocenters. The van der Waals surface area contributed by atoms with Crippen molar-refractivity contribution in [1.29, 1.82) is 0 Å². The van der Waals surface area contributed by atoms with Gasteiger partial charge < -0.3 is 29.2 Å². The Morgan fingerprint density at radius 1 is 0.944 bits per heavy atom. The third-order valence-corrected chi connectivity index (χ3v) is 10.1. The largest absolute Gasteiger partial charge is 0.493 e. The van der Waals surface area contributed by atoms with Crippen LogP contribution in [0.2, 0.25) is 0 Å². The molecule has 0 radical (unpaired) electrons. The molecule has 3 atom stereocenters. The summed E-state index contributed by atoms with van der Waals surface area (Å²) in [6.45, 7) is 7.16. The van der Waals surface area contributed by atoms with Gasteiger partial charge in [-0.2, -0.15) is 0 Å². The number of amides is 1. The van der Waals surface area contributed by atoms with Crippen molar-refractivity contribution in [2.45, 2.75) is 71.2 Å². The van der Waals surface area contributed by atoms with Crippen LogP contribution in [0.4, 0.5) is 20.5 Å². The number of imidazole rings is 1. The van der Waals surface area contributed by atoms with Crippen LogP contribution in [0.1, 0.15) is 60.5 Å². The highest BCUT2D eigenvalue weighted by molar-refractivity contribution is 6.10. The number of carbonyl (C=O) groups is 2. The first-order chi connectivity index (χ1) is 26.2. The Hall–Kier alpha value is -5.50. The van der Waals surface area contributed by atoms with Gasteiger partial charge in [0.1, 0.15) is 40.8 Å². The molecule has 4 bridgehead atoms. The van der Waals surface area contributed by atoms with Gasteiger partial charge >= 0.3 is 0 Å². The van der Waals surface area contributed by atoms with Crippen molar-refractivity contribution in [3.05, 3.63) is 89.0 Å². The Morgan fingerprint density at radius 3 is 2.59 bits per heavy atom. The molecule has 1 amide bonds. The fourth-order valence-corrected chi connectivity index (χ4v) is 7.54. The smallest absolute Gasteiger partial charge is 0.245 e. The number of ether oxygens (including phenoxy) is 2. The van der Waals surface area contributed by atoms with Crippen LogP contribution in [-0.4, -0.2) is 93.1 Å². The molecule has 282 valence electrons. The van der Waals surface area contributed by atoms with Crippen LogP contribution in [0.3, 0.4) is 0 Å².